The minimum absolute atomic E-state index is 0.0742. The van der Waals surface area contributed by atoms with Crippen LogP contribution in [0, 0.1) is 6.92 Å². The zero-order chi connectivity index (χ0) is 30.2. The minimum Gasteiger partial charge on any atom is -0.465 e. The molecule has 5 aromatic rings. The van der Waals surface area contributed by atoms with Gasteiger partial charge in [-0.25, -0.2) is 9.78 Å². The lowest BCUT2D eigenvalue weighted by Gasteiger charge is -2.29. The van der Waals surface area contributed by atoms with E-state index in [1.807, 2.05) is 66.9 Å². The molecule has 0 aliphatic heterocycles. The standard InChI is InChI=1S/C32H31N5O5S/c1-21-34-26(20-43-21)19-37(18-24-9-10-29-25(14-24)11-13-42-29)31(39)28(15-22-6-3-2-4-7-22)35-30(38)27(36-32(40)41)16-23-8-5-12-33-17-23/h2-14,17,20,27-28,36H,15-16,18-19H2,1H3,(H,35,38)(H,40,41)/t27-,28-/m0/s1. The lowest BCUT2D eigenvalue weighted by atomic mass is 10.0. The molecule has 0 unspecified atom stereocenters. The van der Waals surface area contributed by atoms with Crippen molar-refractivity contribution in [3.05, 3.63) is 118 Å². The van der Waals surface area contributed by atoms with Gasteiger partial charge in [0.2, 0.25) is 11.8 Å². The third-order valence-electron chi connectivity index (χ3n) is 6.90. The maximum Gasteiger partial charge on any atom is 0.405 e. The van der Waals surface area contributed by atoms with E-state index in [9.17, 15) is 19.5 Å². The summed E-state index contributed by atoms with van der Waals surface area (Å²) >= 11 is 1.50. The minimum atomic E-state index is -1.34. The van der Waals surface area contributed by atoms with Crippen molar-refractivity contribution in [1.29, 1.82) is 0 Å². The number of aryl methyl sites for hydroxylation is 1. The molecule has 0 fully saturated rings. The van der Waals surface area contributed by atoms with Gasteiger partial charge in [0.25, 0.3) is 0 Å². The number of carboxylic acid groups (broad SMARTS) is 1. The van der Waals surface area contributed by atoms with E-state index in [4.69, 9.17) is 4.42 Å². The monoisotopic (exact) mass is 597 g/mol. The Kier molecular flexibility index (Phi) is 9.42. The summed E-state index contributed by atoms with van der Waals surface area (Å²) in [6.07, 6.45) is 3.74. The number of nitrogens with zero attached hydrogens (tertiary/aromatic N) is 3. The number of hydrogen-bond donors (Lipinski definition) is 3. The lowest BCUT2D eigenvalue weighted by Crippen LogP contribution is -2.55. The third kappa shape index (κ3) is 8.04. The number of aromatic nitrogens is 2. The van der Waals surface area contributed by atoms with Gasteiger partial charge in [0.05, 0.1) is 23.5 Å². The fourth-order valence-corrected chi connectivity index (χ4v) is 5.48. The molecule has 10 nitrogen and oxygen atoms in total. The molecule has 0 saturated heterocycles. The fourth-order valence-electron chi connectivity index (χ4n) is 4.88. The molecular weight excluding hydrogens is 566 g/mol. The molecule has 0 aliphatic carbocycles. The first kappa shape index (κ1) is 29.5. The van der Waals surface area contributed by atoms with E-state index < -0.39 is 24.1 Å². The van der Waals surface area contributed by atoms with Crippen LogP contribution in [0.1, 0.15) is 27.4 Å². The zero-order valence-corrected chi connectivity index (χ0v) is 24.3. The summed E-state index contributed by atoms with van der Waals surface area (Å²) in [5.74, 6) is -0.921. The molecule has 5 rings (SSSR count). The van der Waals surface area contributed by atoms with E-state index >= 15 is 0 Å². The summed E-state index contributed by atoms with van der Waals surface area (Å²) < 4.78 is 5.48. The summed E-state index contributed by atoms with van der Waals surface area (Å²) in [7, 11) is 0. The van der Waals surface area contributed by atoms with E-state index in [-0.39, 0.29) is 31.8 Å². The van der Waals surface area contributed by atoms with Crippen molar-refractivity contribution >= 4 is 40.2 Å². The van der Waals surface area contributed by atoms with E-state index in [2.05, 4.69) is 20.6 Å². The first-order valence-corrected chi connectivity index (χ1v) is 14.6. The molecule has 11 heteroatoms. The van der Waals surface area contributed by atoms with Crippen molar-refractivity contribution in [3.63, 3.8) is 0 Å². The van der Waals surface area contributed by atoms with Gasteiger partial charge in [-0.2, -0.15) is 0 Å². The number of hydrogen-bond acceptors (Lipinski definition) is 7. The molecule has 3 N–H and O–H groups in total. The highest BCUT2D eigenvalue weighted by Gasteiger charge is 2.30. The number of pyridine rings is 1. The molecule has 0 radical (unpaired) electrons. The maximum atomic E-state index is 14.3. The Bertz CT molecular complexity index is 1690. The number of fused-ring (bicyclic) bond motifs is 1. The predicted molar refractivity (Wildman–Crippen MR) is 162 cm³/mol. The molecule has 0 bridgehead atoms. The summed E-state index contributed by atoms with van der Waals surface area (Å²) in [4.78, 5) is 49.8. The number of rotatable bonds is 12. The van der Waals surface area contributed by atoms with Crippen LogP contribution in [-0.4, -0.2) is 50.0 Å². The molecule has 0 aliphatic rings. The molecule has 3 amide bonds. The van der Waals surface area contributed by atoms with Crippen LogP contribution in [0.4, 0.5) is 4.79 Å². The molecule has 2 atom stereocenters. The molecule has 2 aromatic carbocycles. The average Bonchev–Trinajstić information content (AvgIpc) is 3.64. The normalized spacial score (nSPS) is 12.4. The lowest BCUT2D eigenvalue weighted by molar-refractivity contribution is -0.138. The number of amides is 3. The van der Waals surface area contributed by atoms with Gasteiger partial charge in [0.15, 0.2) is 0 Å². The molecule has 220 valence electrons. The highest BCUT2D eigenvalue weighted by Crippen LogP contribution is 2.21. The van der Waals surface area contributed by atoms with Gasteiger partial charge in [-0.3, -0.25) is 14.6 Å². The van der Waals surface area contributed by atoms with E-state index in [0.29, 0.717) is 5.56 Å². The van der Waals surface area contributed by atoms with Crippen LogP contribution >= 0.6 is 11.3 Å². The third-order valence-corrected chi connectivity index (χ3v) is 7.72. The van der Waals surface area contributed by atoms with Crippen LogP contribution in [0.5, 0.6) is 0 Å². The largest absolute Gasteiger partial charge is 0.465 e. The highest BCUT2D eigenvalue weighted by molar-refractivity contribution is 7.09. The summed E-state index contributed by atoms with van der Waals surface area (Å²) in [6, 6.07) is 18.4. The van der Waals surface area contributed by atoms with Crippen molar-refractivity contribution in [2.24, 2.45) is 0 Å². The van der Waals surface area contributed by atoms with Gasteiger partial charge in [0, 0.05) is 42.5 Å². The predicted octanol–water partition coefficient (Wildman–Crippen LogP) is 4.73. The van der Waals surface area contributed by atoms with Gasteiger partial charge < -0.3 is 25.1 Å². The van der Waals surface area contributed by atoms with Gasteiger partial charge in [-0.05, 0) is 47.9 Å². The van der Waals surface area contributed by atoms with Gasteiger partial charge in [-0.1, -0.05) is 42.5 Å². The van der Waals surface area contributed by atoms with Gasteiger partial charge in [-0.15, -0.1) is 11.3 Å². The van der Waals surface area contributed by atoms with Crippen molar-refractivity contribution in [1.82, 2.24) is 25.5 Å². The SMILES string of the molecule is Cc1nc(CN(Cc2ccc3occc3c2)C(=O)[C@H](Cc2ccccc2)NC(=O)[C@H](Cc2cccnc2)NC(=O)O)cs1. The zero-order valence-electron chi connectivity index (χ0n) is 23.5. The molecular formula is C32H31N5O5S. The van der Waals surface area contributed by atoms with Crippen molar-refractivity contribution < 1.29 is 23.9 Å². The van der Waals surface area contributed by atoms with Crippen molar-refractivity contribution in [3.8, 4) is 0 Å². The Labute approximate surface area is 252 Å². The van der Waals surface area contributed by atoms with E-state index in [1.54, 1.807) is 35.7 Å². The second kappa shape index (κ2) is 13.8. The van der Waals surface area contributed by atoms with E-state index in [0.717, 1.165) is 32.8 Å². The van der Waals surface area contributed by atoms with Crippen LogP contribution in [0.3, 0.4) is 0 Å². The Morgan fingerprint density at radius 3 is 2.44 bits per heavy atom. The van der Waals surface area contributed by atoms with Crippen LogP contribution in [0.15, 0.2) is 95.2 Å². The van der Waals surface area contributed by atoms with Crippen molar-refractivity contribution in [2.45, 2.75) is 44.9 Å². The molecule has 0 saturated carbocycles. The van der Waals surface area contributed by atoms with Gasteiger partial charge >= 0.3 is 6.09 Å². The Morgan fingerprint density at radius 2 is 1.72 bits per heavy atom. The summed E-state index contributed by atoms with van der Waals surface area (Å²) in [6.45, 7) is 2.41. The van der Waals surface area contributed by atoms with Crippen LogP contribution in [0.25, 0.3) is 11.0 Å². The second-order valence-electron chi connectivity index (χ2n) is 10.2. The Balaban J connectivity index is 1.44. The molecule has 43 heavy (non-hydrogen) atoms. The number of carbonyl (C=O) groups is 3. The average molecular weight is 598 g/mol. The summed E-state index contributed by atoms with van der Waals surface area (Å²) in [5.41, 5.74) is 3.91. The first-order valence-electron chi connectivity index (χ1n) is 13.7. The molecule has 3 heterocycles. The van der Waals surface area contributed by atoms with Crippen LogP contribution in [0.2, 0.25) is 0 Å². The number of nitrogens with one attached hydrogen (secondary N) is 2. The quantitative estimate of drug-likeness (QED) is 0.189. The van der Waals surface area contributed by atoms with Crippen LogP contribution in [-0.2, 0) is 35.5 Å². The highest BCUT2D eigenvalue weighted by atomic mass is 32.1. The summed E-state index contributed by atoms with van der Waals surface area (Å²) in [5, 5.41) is 18.4. The Morgan fingerprint density at radius 1 is 0.930 bits per heavy atom. The number of furan rings is 1. The smallest absolute Gasteiger partial charge is 0.405 e. The van der Waals surface area contributed by atoms with Gasteiger partial charge in [0.1, 0.15) is 17.7 Å². The number of carbonyl (C=O) groups excluding carboxylic acids is 2. The molecule has 0 spiro atoms. The maximum absolute atomic E-state index is 14.3. The second-order valence-corrected chi connectivity index (χ2v) is 11.2. The topological polar surface area (TPSA) is 138 Å². The van der Waals surface area contributed by atoms with E-state index in [1.165, 1.54) is 11.3 Å². The number of thiazole rings is 1. The molecule has 3 aromatic heterocycles. The van der Waals surface area contributed by atoms with Crippen LogP contribution < -0.4 is 10.6 Å². The fraction of sp³-hybridized carbons (Fsp3) is 0.219. The van der Waals surface area contributed by atoms with Crippen molar-refractivity contribution in [2.75, 3.05) is 0 Å². The number of benzene rings is 2. The first-order chi connectivity index (χ1) is 20.8. The Hall–Kier alpha value is -5.03.